The molecule has 13 heavy (non-hydrogen) atoms. The maximum Gasteiger partial charge on any atom is 0.317 e. The number of nitro groups is 1. The molecule has 0 rings (SSSR count). The van der Waals surface area contributed by atoms with Gasteiger partial charge in [-0.1, -0.05) is 6.92 Å². The Balaban J connectivity index is 4.10. The molecule has 0 aromatic heterocycles. The fourth-order valence-corrected chi connectivity index (χ4v) is 0.867. The van der Waals surface area contributed by atoms with Crippen LogP contribution in [0.2, 0.25) is 0 Å². The quantitative estimate of drug-likeness (QED) is 0.458. The van der Waals surface area contributed by atoms with E-state index in [1.807, 2.05) is 0 Å². The van der Waals surface area contributed by atoms with Crippen molar-refractivity contribution in [1.29, 1.82) is 0 Å². The van der Waals surface area contributed by atoms with E-state index in [2.05, 4.69) is 5.32 Å². The van der Waals surface area contributed by atoms with Gasteiger partial charge in [0, 0.05) is 4.92 Å². The Morgan fingerprint density at radius 1 is 1.69 bits per heavy atom. The summed E-state index contributed by atoms with van der Waals surface area (Å²) in [7, 11) is 0. The van der Waals surface area contributed by atoms with Crippen molar-refractivity contribution in [2.24, 2.45) is 0 Å². The molecule has 0 spiro atoms. The standard InChI is InChI=1S/C7H14N2O4/c1-3-7(2,5-9(12)13)8-4-6(10)11/h8H,3-5H2,1-2H3,(H,10,11). The highest BCUT2D eigenvalue weighted by molar-refractivity contribution is 5.69. The molecule has 1 atom stereocenters. The predicted molar refractivity (Wildman–Crippen MR) is 46.2 cm³/mol. The van der Waals surface area contributed by atoms with E-state index in [0.717, 1.165) is 0 Å². The lowest BCUT2D eigenvalue weighted by atomic mass is 9.99. The smallest absolute Gasteiger partial charge is 0.317 e. The van der Waals surface area contributed by atoms with Crippen LogP contribution in [-0.4, -0.2) is 34.6 Å². The number of nitrogens with zero attached hydrogens (tertiary/aromatic N) is 1. The highest BCUT2D eigenvalue weighted by Crippen LogP contribution is 2.08. The van der Waals surface area contributed by atoms with Crippen LogP contribution >= 0.6 is 0 Å². The molecule has 76 valence electrons. The summed E-state index contributed by atoms with van der Waals surface area (Å²) in [4.78, 5) is 20.0. The van der Waals surface area contributed by atoms with Crippen molar-refractivity contribution < 1.29 is 14.8 Å². The number of carboxylic acid groups (broad SMARTS) is 1. The maximum absolute atomic E-state index is 10.2. The Kier molecular flexibility index (Phi) is 4.33. The van der Waals surface area contributed by atoms with Gasteiger partial charge in [-0.15, -0.1) is 0 Å². The predicted octanol–water partition coefficient (Wildman–Crippen LogP) is 0.106. The van der Waals surface area contributed by atoms with Gasteiger partial charge in [-0.3, -0.25) is 20.2 Å². The van der Waals surface area contributed by atoms with E-state index in [9.17, 15) is 14.9 Å². The van der Waals surface area contributed by atoms with Crippen LogP contribution < -0.4 is 5.32 Å². The summed E-state index contributed by atoms with van der Waals surface area (Å²) in [5, 5.41) is 21.2. The number of rotatable bonds is 6. The van der Waals surface area contributed by atoms with Crippen molar-refractivity contribution >= 4 is 5.97 Å². The summed E-state index contributed by atoms with van der Waals surface area (Å²) in [6.07, 6.45) is 0.515. The summed E-state index contributed by atoms with van der Waals surface area (Å²) in [5.74, 6) is -1.01. The van der Waals surface area contributed by atoms with Crippen molar-refractivity contribution in [2.45, 2.75) is 25.8 Å². The average molecular weight is 190 g/mol. The Labute approximate surface area is 76.1 Å². The van der Waals surface area contributed by atoms with Crippen molar-refractivity contribution in [1.82, 2.24) is 5.32 Å². The van der Waals surface area contributed by atoms with Crippen LogP contribution in [0.4, 0.5) is 0 Å². The lowest BCUT2D eigenvalue weighted by Crippen LogP contribution is -2.49. The van der Waals surface area contributed by atoms with Gasteiger partial charge in [-0.05, 0) is 13.3 Å². The highest BCUT2D eigenvalue weighted by atomic mass is 16.6. The lowest BCUT2D eigenvalue weighted by molar-refractivity contribution is -0.490. The summed E-state index contributed by atoms with van der Waals surface area (Å²) >= 11 is 0. The van der Waals surface area contributed by atoms with Gasteiger partial charge in [-0.2, -0.15) is 0 Å². The molecule has 0 radical (unpaired) electrons. The van der Waals surface area contributed by atoms with E-state index in [1.54, 1.807) is 13.8 Å². The molecular weight excluding hydrogens is 176 g/mol. The second kappa shape index (κ2) is 4.76. The first-order valence-electron chi connectivity index (χ1n) is 3.98. The Hall–Kier alpha value is -1.17. The summed E-state index contributed by atoms with van der Waals surface area (Å²) in [6, 6.07) is 0. The average Bonchev–Trinajstić information content (AvgIpc) is 2.00. The van der Waals surface area contributed by atoms with Crippen LogP contribution in [0.3, 0.4) is 0 Å². The summed E-state index contributed by atoms with van der Waals surface area (Å²) in [6.45, 7) is 2.89. The number of carbonyl (C=O) groups is 1. The van der Waals surface area contributed by atoms with Crippen molar-refractivity contribution in [2.75, 3.05) is 13.1 Å². The van der Waals surface area contributed by atoms with E-state index >= 15 is 0 Å². The highest BCUT2D eigenvalue weighted by Gasteiger charge is 2.28. The molecule has 0 saturated carbocycles. The molecule has 0 aliphatic carbocycles. The van der Waals surface area contributed by atoms with Gasteiger partial charge >= 0.3 is 5.97 Å². The Morgan fingerprint density at radius 3 is 2.54 bits per heavy atom. The Bertz CT molecular complexity index is 207. The van der Waals surface area contributed by atoms with E-state index in [-0.39, 0.29) is 13.1 Å². The molecule has 6 heteroatoms. The molecule has 0 aliphatic heterocycles. The van der Waals surface area contributed by atoms with Crippen LogP contribution in [0.1, 0.15) is 20.3 Å². The topological polar surface area (TPSA) is 92.5 Å². The van der Waals surface area contributed by atoms with E-state index in [4.69, 9.17) is 5.11 Å². The summed E-state index contributed by atoms with van der Waals surface area (Å²) < 4.78 is 0. The molecule has 2 N–H and O–H groups in total. The zero-order valence-electron chi connectivity index (χ0n) is 7.74. The number of aliphatic carboxylic acids is 1. The van der Waals surface area contributed by atoms with E-state index < -0.39 is 16.4 Å². The van der Waals surface area contributed by atoms with Crippen LogP contribution in [0, 0.1) is 10.1 Å². The molecule has 0 fully saturated rings. The first-order chi connectivity index (χ1) is 5.89. The Morgan fingerprint density at radius 2 is 2.23 bits per heavy atom. The largest absolute Gasteiger partial charge is 0.480 e. The number of carboxylic acids is 1. The molecule has 0 aromatic rings. The third-order valence-corrected chi connectivity index (χ3v) is 1.92. The minimum Gasteiger partial charge on any atom is -0.480 e. The van der Waals surface area contributed by atoms with Gasteiger partial charge < -0.3 is 5.11 Å². The summed E-state index contributed by atoms with van der Waals surface area (Å²) in [5.41, 5.74) is -0.734. The van der Waals surface area contributed by atoms with Crippen molar-refractivity contribution in [3.8, 4) is 0 Å². The van der Waals surface area contributed by atoms with Crippen LogP contribution in [-0.2, 0) is 4.79 Å². The molecule has 0 saturated heterocycles. The number of hydrogen-bond donors (Lipinski definition) is 2. The van der Waals surface area contributed by atoms with E-state index in [1.165, 1.54) is 0 Å². The van der Waals surface area contributed by atoms with Crippen molar-refractivity contribution in [3.63, 3.8) is 0 Å². The molecule has 0 aliphatic rings. The molecule has 0 amide bonds. The van der Waals surface area contributed by atoms with Crippen molar-refractivity contribution in [3.05, 3.63) is 10.1 Å². The van der Waals surface area contributed by atoms with Gasteiger partial charge in [0.25, 0.3) is 0 Å². The number of hydrogen-bond acceptors (Lipinski definition) is 4. The first-order valence-corrected chi connectivity index (χ1v) is 3.98. The van der Waals surface area contributed by atoms with Gasteiger partial charge in [0.15, 0.2) is 0 Å². The molecule has 0 aromatic carbocycles. The van der Waals surface area contributed by atoms with Gasteiger partial charge in [0.1, 0.15) is 0 Å². The fourth-order valence-electron chi connectivity index (χ4n) is 0.867. The zero-order valence-corrected chi connectivity index (χ0v) is 7.74. The van der Waals surface area contributed by atoms with Crippen LogP contribution in [0.5, 0.6) is 0 Å². The first kappa shape index (κ1) is 11.8. The van der Waals surface area contributed by atoms with Gasteiger partial charge in [-0.25, -0.2) is 0 Å². The monoisotopic (exact) mass is 190 g/mol. The molecular formula is C7H14N2O4. The molecule has 6 nitrogen and oxygen atoms in total. The van der Waals surface area contributed by atoms with Crippen LogP contribution in [0.15, 0.2) is 0 Å². The molecule has 1 unspecified atom stereocenters. The third kappa shape index (κ3) is 5.13. The number of nitrogens with one attached hydrogen (secondary N) is 1. The lowest BCUT2D eigenvalue weighted by Gasteiger charge is -2.24. The third-order valence-electron chi connectivity index (χ3n) is 1.92. The fraction of sp³-hybridized carbons (Fsp3) is 0.857. The van der Waals surface area contributed by atoms with Gasteiger partial charge in [0.2, 0.25) is 6.54 Å². The second-order valence-corrected chi connectivity index (χ2v) is 3.15. The maximum atomic E-state index is 10.2. The minimum absolute atomic E-state index is 0.252. The normalized spacial score (nSPS) is 14.9. The molecule has 0 heterocycles. The SMILES string of the molecule is CCC(C)(C[N+](=O)[O-])NCC(=O)O. The molecule has 0 bridgehead atoms. The van der Waals surface area contributed by atoms with Crippen LogP contribution in [0.25, 0.3) is 0 Å². The minimum atomic E-state index is -1.01. The second-order valence-electron chi connectivity index (χ2n) is 3.15. The van der Waals surface area contributed by atoms with Gasteiger partial charge in [0.05, 0.1) is 12.1 Å². The van der Waals surface area contributed by atoms with E-state index in [0.29, 0.717) is 6.42 Å². The zero-order chi connectivity index (χ0) is 10.5.